The van der Waals surface area contributed by atoms with Crippen LogP contribution in [0.3, 0.4) is 0 Å². The molecule has 0 amide bonds. The highest BCUT2D eigenvalue weighted by Gasteiger charge is 2.33. The molecule has 0 bridgehead atoms. The Hall–Kier alpha value is -3.01. The maximum Gasteiger partial charge on any atom is 0.416 e. The summed E-state index contributed by atoms with van der Waals surface area (Å²) < 4.78 is 94.6. The summed E-state index contributed by atoms with van der Waals surface area (Å²) in [4.78, 5) is 3.92. The first-order chi connectivity index (χ1) is 15.0. The summed E-state index contributed by atoms with van der Waals surface area (Å²) in [5, 5.41) is 0. The lowest BCUT2D eigenvalue weighted by Gasteiger charge is -2.31. The van der Waals surface area contributed by atoms with Crippen molar-refractivity contribution in [2.24, 2.45) is 0 Å². The number of rotatable bonds is 3. The van der Waals surface area contributed by atoms with E-state index in [1.807, 2.05) is 0 Å². The maximum atomic E-state index is 14.6. The second-order valence-corrected chi connectivity index (χ2v) is 9.33. The molecule has 0 spiro atoms. The van der Waals surface area contributed by atoms with E-state index in [4.69, 9.17) is 0 Å². The van der Waals surface area contributed by atoms with Crippen molar-refractivity contribution in [3.63, 3.8) is 0 Å². The standard InChI is InChI=1S/C22H17F5N2O2S/c1-13-9-15(5-7-19(13)23)32(30,31)29-8-2-3-17-18(11-28-12-21(17)29)16-6-4-14(10-20(16)24)22(25,26)27/h4-7,9-12H,2-3,8H2,1H3. The summed E-state index contributed by atoms with van der Waals surface area (Å²) in [5.74, 6) is -1.62. The third-order valence-corrected chi connectivity index (χ3v) is 7.20. The number of benzene rings is 2. The molecule has 2 heterocycles. The largest absolute Gasteiger partial charge is 0.416 e. The summed E-state index contributed by atoms with van der Waals surface area (Å²) in [6.45, 7) is 1.58. The van der Waals surface area contributed by atoms with Crippen LogP contribution in [0.25, 0.3) is 11.1 Å². The van der Waals surface area contributed by atoms with Crippen LogP contribution in [0.2, 0.25) is 0 Å². The van der Waals surface area contributed by atoms with Crippen molar-refractivity contribution in [3.8, 4) is 11.1 Å². The smallest absolute Gasteiger partial charge is 0.264 e. The number of sulfonamides is 1. The zero-order chi connectivity index (χ0) is 23.3. The van der Waals surface area contributed by atoms with Crippen molar-refractivity contribution in [2.45, 2.75) is 30.8 Å². The van der Waals surface area contributed by atoms with Crippen LogP contribution >= 0.6 is 0 Å². The van der Waals surface area contributed by atoms with Crippen LogP contribution in [-0.2, 0) is 22.6 Å². The average molecular weight is 468 g/mol. The predicted molar refractivity (Wildman–Crippen MR) is 109 cm³/mol. The second-order valence-electron chi connectivity index (χ2n) is 7.47. The van der Waals surface area contributed by atoms with E-state index in [2.05, 4.69) is 4.98 Å². The lowest BCUT2D eigenvalue weighted by molar-refractivity contribution is -0.137. The average Bonchev–Trinajstić information content (AvgIpc) is 2.74. The fourth-order valence-corrected chi connectivity index (χ4v) is 5.38. The molecule has 1 aliphatic rings. The Morgan fingerprint density at radius 2 is 1.72 bits per heavy atom. The van der Waals surface area contributed by atoms with Crippen LogP contribution in [0.4, 0.5) is 27.6 Å². The summed E-state index contributed by atoms with van der Waals surface area (Å²) in [6.07, 6.45) is -1.25. The Balaban J connectivity index is 1.81. The van der Waals surface area contributed by atoms with Gasteiger partial charge in [-0.15, -0.1) is 0 Å². The van der Waals surface area contributed by atoms with Crippen LogP contribution in [0.5, 0.6) is 0 Å². The van der Waals surface area contributed by atoms with Crippen LogP contribution in [-0.4, -0.2) is 19.9 Å². The minimum atomic E-state index is -4.69. The number of aromatic nitrogens is 1. The van der Waals surface area contributed by atoms with Gasteiger partial charge in [0.2, 0.25) is 0 Å². The van der Waals surface area contributed by atoms with E-state index in [1.165, 1.54) is 31.5 Å². The van der Waals surface area contributed by atoms with Gasteiger partial charge >= 0.3 is 6.18 Å². The van der Waals surface area contributed by atoms with Gasteiger partial charge in [-0.05, 0) is 61.2 Å². The lowest BCUT2D eigenvalue weighted by Crippen LogP contribution is -2.36. The van der Waals surface area contributed by atoms with Crippen LogP contribution in [0.15, 0.2) is 53.7 Å². The van der Waals surface area contributed by atoms with Gasteiger partial charge in [0, 0.05) is 23.9 Å². The lowest BCUT2D eigenvalue weighted by atomic mass is 9.94. The van der Waals surface area contributed by atoms with E-state index in [9.17, 15) is 30.4 Å². The Morgan fingerprint density at radius 1 is 0.969 bits per heavy atom. The predicted octanol–water partition coefficient (Wildman–Crippen LogP) is 5.50. The molecule has 0 saturated carbocycles. The highest BCUT2D eigenvalue weighted by Crippen LogP contribution is 2.39. The Labute approximate surface area is 181 Å². The molecule has 1 aromatic heterocycles. The number of hydrogen-bond acceptors (Lipinski definition) is 3. The molecule has 1 aliphatic heterocycles. The van der Waals surface area contributed by atoms with Crippen molar-refractivity contribution in [2.75, 3.05) is 10.8 Å². The van der Waals surface area contributed by atoms with Gasteiger partial charge in [0.15, 0.2) is 0 Å². The maximum absolute atomic E-state index is 14.6. The number of nitrogens with zero attached hydrogens (tertiary/aromatic N) is 2. The van der Waals surface area contributed by atoms with E-state index < -0.39 is 33.4 Å². The second kappa shape index (κ2) is 7.84. The number of halogens is 5. The van der Waals surface area contributed by atoms with Crippen LogP contribution in [0, 0.1) is 18.6 Å². The van der Waals surface area contributed by atoms with E-state index in [0.29, 0.717) is 24.5 Å². The zero-order valence-electron chi connectivity index (χ0n) is 16.7. The van der Waals surface area contributed by atoms with Gasteiger partial charge in [-0.25, -0.2) is 17.2 Å². The van der Waals surface area contributed by atoms with E-state index in [-0.39, 0.29) is 33.8 Å². The molecule has 0 N–H and O–H groups in total. The monoisotopic (exact) mass is 468 g/mol. The molecule has 0 radical (unpaired) electrons. The third-order valence-electron chi connectivity index (χ3n) is 5.40. The quantitative estimate of drug-likeness (QED) is 0.478. The molecule has 0 fully saturated rings. The number of alkyl halides is 3. The molecule has 168 valence electrons. The first-order valence-corrected chi connectivity index (χ1v) is 11.1. The zero-order valence-corrected chi connectivity index (χ0v) is 17.6. The van der Waals surface area contributed by atoms with E-state index in [1.54, 1.807) is 0 Å². The van der Waals surface area contributed by atoms with Gasteiger partial charge in [-0.3, -0.25) is 9.29 Å². The van der Waals surface area contributed by atoms with Crippen molar-refractivity contribution in [3.05, 3.63) is 77.1 Å². The minimum Gasteiger partial charge on any atom is -0.264 e. The van der Waals surface area contributed by atoms with Gasteiger partial charge in [0.05, 0.1) is 22.3 Å². The summed E-state index contributed by atoms with van der Waals surface area (Å²) in [5.41, 5.74) is -0.139. The van der Waals surface area contributed by atoms with Crippen molar-refractivity contribution in [1.29, 1.82) is 0 Å². The van der Waals surface area contributed by atoms with Gasteiger partial charge in [-0.1, -0.05) is 6.07 Å². The topological polar surface area (TPSA) is 50.3 Å². The molecule has 4 nitrogen and oxygen atoms in total. The molecule has 0 saturated heterocycles. The molecule has 4 rings (SSSR count). The molecule has 0 aliphatic carbocycles. The molecule has 2 aromatic carbocycles. The SMILES string of the molecule is Cc1cc(S(=O)(=O)N2CCCc3c(-c4ccc(C(F)(F)F)cc4F)cncc32)ccc1F. The molecule has 0 atom stereocenters. The van der Waals surface area contributed by atoms with Gasteiger partial charge in [0.1, 0.15) is 11.6 Å². The van der Waals surface area contributed by atoms with Crippen LogP contribution in [0.1, 0.15) is 23.1 Å². The van der Waals surface area contributed by atoms with Gasteiger partial charge in [0.25, 0.3) is 10.0 Å². The fourth-order valence-electron chi connectivity index (χ4n) is 3.77. The summed E-state index contributed by atoms with van der Waals surface area (Å²) in [7, 11) is -4.07. The summed E-state index contributed by atoms with van der Waals surface area (Å²) in [6, 6.07) is 5.67. The summed E-state index contributed by atoms with van der Waals surface area (Å²) >= 11 is 0. The first kappa shape index (κ1) is 22.2. The van der Waals surface area contributed by atoms with E-state index >= 15 is 0 Å². The van der Waals surface area contributed by atoms with E-state index in [0.717, 1.165) is 22.5 Å². The molecular formula is C22H17F5N2O2S. The first-order valence-electron chi connectivity index (χ1n) is 9.63. The Kier molecular flexibility index (Phi) is 5.44. The Morgan fingerprint density at radius 3 is 2.38 bits per heavy atom. The minimum absolute atomic E-state index is 0.0979. The van der Waals surface area contributed by atoms with Crippen LogP contribution < -0.4 is 4.31 Å². The molecule has 3 aromatic rings. The fraction of sp³-hybridized carbons (Fsp3) is 0.227. The molecule has 10 heteroatoms. The number of fused-ring (bicyclic) bond motifs is 1. The normalized spacial score (nSPS) is 14.4. The molecular weight excluding hydrogens is 451 g/mol. The highest BCUT2D eigenvalue weighted by molar-refractivity contribution is 7.92. The molecule has 32 heavy (non-hydrogen) atoms. The highest BCUT2D eigenvalue weighted by atomic mass is 32.2. The van der Waals surface area contributed by atoms with Crippen molar-refractivity contribution < 1.29 is 30.4 Å². The third kappa shape index (κ3) is 3.83. The van der Waals surface area contributed by atoms with Gasteiger partial charge < -0.3 is 0 Å². The number of anilines is 1. The van der Waals surface area contributed by atoms with Crippen molar-refractivity contribution in [1.82, 2.24) is 4.98 Å². The van der Waals surface area contributed by atoms with Crippen molar-refractivity contribution >= 4 is 15.7 Å². The molecule has 0 unspecified atom stereocenters. The Bertz CT molecular complexity index is 1310. The number of pyridine rings is 1. The number of aryl methyl sites for hydroxylation is 1. The number of hydrogen-bond donors (Lipinski definition) is 0. The van der Waals surface area contributed by atoms with Gasteiger partial charge in [-0.2, -0.15) is 13.2 Å².